The number of aryl methyl sites for hydroxylation is 1. The molecule has 1 N–H and O–H groups in total. The molecule has 130 valence electrons. The van der Waals surface area contributed by atoms with Crippen LogP contribution in [0.4, 0.5) is 5.69 Å². The zero-order chi connectivity index (χ0) is 18.0. The molecule has 1 fully saturated rings. The highest BCUT2D eigenvalue weighted by Gasteiger charge is 2.36. The molecule has 2 aromatic rings. The van der Waals surface area contributed by atoms with Crippen molar-refractivity contribution in [2.24, 2.45) is 5.92 Å². The van der Waals surface area contributed by atoms with Crippen molar-refractivity contribution in [1.29, 1.82) is 0 Å². The Bertz CT molecular complexity index is 823. The van der Waals surface area contributed by atoms with Crippen molar-refractivity contribution in [1.82, 2.24) is 5.32 Å². The molecule has 4 nitrogen and oxygen atoms in total. The SMILES string of the molecule is Cc1ccccc1CNC(=O)[C@H]1CC(=O)N(c2cccc(Cl)c2Cl)C1. The van der Waals surface area contributed by atoms with E-state index in [-0.39, 0.29) is 18.2 Å². The Hall–Kier alpha value is -2.04. The van der Waals surface area contributed by atoms with Gasteiger partial charge in [0, 0.05) is 19.5 Å². The molecular weight excluding hydrogens is 359 g/mol. The average molecular weight is 377 g/mol. The number of carbonyl (C=O) groups is 2. The summed E-state index contributed by atoms with van der Waals surface area (Å²) in [5.41, 5.74) is 2.74. The molecule has 0 saturated carbocycles. The predicted octanol–water partition coefficient (Wildman–Crippen LogP) is 3.97. The minimum Gasteiger partial charge on any atom is -0.352 e. The van der Waals surface area contributed by atoms with Crippen molar-refractivity contribution in [2.75, 3.05) is 11.4 Å². The number of halogens is 2. The Kier molecular flexibility index (Phi) is 5.30. The predicted molar refractivity (Wildman–Crippen MR) is 99.9 cm³/mol. The van der Waals surface area contributed by atoms with Crippen molar-refractivity contribution < 1.29 is 9.59 Å². The van der Waals surface area contributed by atoms with Crippen molar-refractivity contribution in [3.8, 4) is 0 Å². The third-order valence-corrected chi connectivity index (χ3v) is 5.24. The summed E-state index contributed by atoms with van der Waals surface area (Å²) in [7, 11) is 0. The lowest BCUT2D eigenvalue weighted by Gasteiger charge is -2.18. The van der Waals surface area contributed by atoms with Gasteiger partial charge < -0.3 is 10.2 Å². The highest BCUT2D eigenvalue weighted by atomic mass is 35.5. The van der Waals surface area contributed by atoms with Gasteiger partial charge in [-0.2, -0.15) is 0 Å². The third kappa shape index (κ3) is 3.80. The maximum atomic E-state index is 12.5. The molecule has 0 unspecified atom stereocenters. The zero-order valence-corrected chi connectivity index (χ0v) is 15.3. The fraction of sp³-hybridized carbons (Fsp3) is 0.263. The van der Waals surface area contributed by atoms with Crippen LogP contribution in [0, 0.1) is 12.8 Å². The standard InChI is InChI=1S/C19H18Cl2N2O2/c1-12-5-2-3-6-13(12)10-22-19(25)14-9-17(24)23(11-14)16-8-4-7-15(20)18(16)21/h2-8,14H,9-11H2,1H3,(H,22,25)/t14-/m0/s1. The minimum absolute atomic E-state index is 0.125. The van der Waals surface area contributed by atoms with Crippen molar-refractivity contribution >= 4 is 40.7 Å². The maximum Gasteiger partial charge on any atom is 0.227 e. The van der Waals surface area contributed by atoms with E-state index in [0.717, 1.165) is 11.1 Å². The quantitative estimate of drug-likeness (QED) is 0.877. The summed E-state index contributed by atoms with van der Waals surface area (Å²) < 4.78 is 0. The van der Waals surface area contributed by atoms with E-state index in [1.165, 1.54) is 4.90 Å². The Labute approximate surface area is 156 Å². The summed E-state index contributed by atoms with van der Waals surface area (Å²) in [6.07, 6.45) is 0.169. The second-order valence-electron chi connectivity index (χ2n) is 6.12. The summed E-state index contributed by atoms with van der Waals surface area (Å²) in [6, 6.07) is 13.0. The van der Waals surface area contributed by atoms with E-state index in [0.29, 0.717) is 28.8 Å². The van der Waals surface area contributed by atoms with E-state index in [9.17, 15) is 9.59 Å². The summed E-state index contributed by atoms with van der Waals surface area (Å²) in [5.74, 6) is -0.649. The van der Waals surface area contributed by atoms with Crippen LogP contribution in [0.2, 0.25) is 10.0 Å². The van der Waals surface area contributed by atoms with Gasteiger partial charge in [0.2, 0.25) is 11.8 Å². The van der Waals surface area contributed by atoms with Crippen LogP contribution in [0.15, 0.2) is 42.5 Å². The Morgan fingerprint density at radius 3 is 2.72 bits per heavy atom. The van der Waals surface area contributed by atoms with Crippen LogP contribution in [-0.2, 0) is 16.1 Å². The number of rotatable bonds is 4. The second kappa shape index (κ2) is 7.46. The van der Waals surface area contributed by atoms with E-state index in [4.69, 9.17) is 23.2 Å². The molecule has 0 aromatic heterocycles. The number of nitrogens with one attached hydrogen (secondary N) is 1. The lowest BCUT2D eigenvalue weighted by Crippen LogP contribution is -2.32. The van der Waals surface area contributed by atoms with E-state index in [1.807, 2.05) is 31.2 Å². The molecule has 3 rings (SSSR count). The number of carbonyl (C=O) groups excluding carboxylic acids is 2. The van der Waals surface area contributed by atoms with Gasteiger partial charge in [0.15, 0.2) is 0 Å². The molecule has 2 aromatic carbocycles. The smallest absolute Gasteiger partial charge is 0.227 e. The lowest BCUT2D eigenvalue weighted by molar-refractivity contribution is -0.126. The van der Waals surface area contributed by atoms with Gasteiger partial charge in [0.25, 0.3) is 0 Å². The first kappa shape index (κ1) is 17.8. The topological polar surface area (TPSA) is 49.4 Å². The highest BCUT2D eigenvalue weighted by Crippen LogP contribution is 2.35. The van der Waals surface area contributed by atoms with Gasteiger partial charge in [-0.15, -0.1) is 0 Å². The van der Waals surface area contributed by atoms with Gasteiger partial charge in [-0.05, 0) is 30.2 Å². The first-order chi connectivity index (χ1) is 12.0. The number of hydrogen-bond donors (Lipinski definition) is 1. The molecule has 0 spiro atoms. The summed E-state index contributed by atoms with van der Waals surface area (Å²) in [5, 5.41) is 3.64. The molecule has 0 radical (unpaired) electrons. The van der Waals surface area contributed by atoms with E-state index >= 15 is 0 Å². The third-order valence-electron chi connectivity index (χ3n) is 4.43. The Morgan fingerprint density at radius 1 is 1.20 bits per heavy atom. The molecule has 1 aliphatic rings. The first-order valence-electron chi connectivity index (χ1n) is 8.04. The zero-order valence-electron chi connectivity index (χ0n) is 13.8. The van der Waals surface area contributed by atoms with Crippen LogP contribution in [0.1, 0.15) is 17.5 Å². The molecule has 0 aliphatic carbocycles. The minimum atomic E-state index is -0.397. The van der Waals surface area contributed by atoms with Gasteiger partial charge in [-0.3, -0.25) is 9.59 Å². The number of hydrogen-bond acceptors (Lipinski definition) is 2. The number of amides is 2. The van der Waals surface area contributed by atoms with E-state index < -0.39 is 5.92 Å². The fourth-order valence-corrected chi connectivity index (χ4v) is 3.35. The van der Waals surface area contributed by atoms with E-state index in [2.05, 4.69) is 5.32 Å². The van der Waals surface area contributed by atoms with Gasteiger partial charge in [0.05, 0.1) is 21.7 Å². The molecule has 1 heterocycles. The molecular formula is C19H18Cl2N2O2. The van der Waals surface area contributed by atoms with Gasteiger partial charge in [-0.1, -0.05) is 53.5 Å². The van der Waals surface area contributed by atoms with Crippen LogP contribution >= 0.6 is 23.2 Å². The molecule has 25 heavy (non-hydrogen) atoms. The monoisotopic (exact) mass is 376 g/mol. The van der Waals surface area contributed by atoms with Crippen LogP contribution < -0.4 is 10.2 Å². The molecule has 1 saturated heterocycles. The van der Waals surface area contributed by atoms with Crippen molar-refractivity contribution in [3.63, 3.8) is 0 Å². The summed E-state index contributed by atoms with van der Waals surface area (Å²) in [4.78, 5) is 26.3. The molecule has 1 aliphatic heterocycles. The van der Waals surface area contributed by atoms with Crippen LogP contribution in [0.25, 0.3) is 0 Å². The van der Waals surface area contributed by atoms with Crippen molar-refractivity contribution in [2.45, 2.75) is 19.9 Å². The molecule has 2 amide bonds. The maximum absolute atomic E-state index is 12.5. The van der Waals surface area contributed by atoms with Crippen LogP contribution in [0.5, 0.6) is 0 Å². The molecule has 1 atom stereocenters. The van der Waals surface area contributed by atoms with Gasteiger partial charge in [-0.25, -0.2) is 0 Å². The summed E-state index contributed by atoms with van der Waals surface area (Å²) in [6.45, 7) is 2.76. The molecule has 0 bridgehead atoms. The van der Waals surface area contributed by atoms with Gasteiger partial charge >= 0.3 is 0 Å². The Morgan fingerprint density at radius 2 is 1.96 bits per heavy atom. The molecule has 6 heteroatoms. The van der Waals surface area contributed by atoms with Gasteiger partial charge in [0.1, 0.15) is 0 Å². The largest absolute Gasteiger partial charge is 0.352 e. The number of anilines is 1. The number of nitrogens with zero attached hydrogens (tertiary/aromatic N) is 1. The van der Waals surface area contributed by atoms with E-state index in [1.54, 1.807) is 18.2 Å². The normalized spacial score (nSPS) is 17.0. The Balaban J connectivity index is 1.67. The highest BCUT2D eigenvalue weighted by molar-refractivity contribution is 6.44. The first-order valence-corrected chi connectivity index (χ1v) is 8.79. The van der Waals surface area contributed by atoms with Crippen LogP contribution in [0.3, 0.4) is 0 Å². The number of benzene rings is 2. The lowest BCUT2D eigenvalue weighted by atomic mass is 10.1. The summed E-state index contributed by atoms with van der Waals surface area (Å²) >= 11 is 12.2. The fourth-order valence-electron chi connectivity index (χ4n) is 2.95. The second-order valence-corrected chi connectivity index (χ2v) is 6.91. The average Bonchev–Trinajstić information content (AvgIpc) is 2.98. The van der Waals surface area contributed by atoms with Crippen molar-refractivity contribution in [3.05, 3.63) is 63.6 Å². The van der Waals surface area contributed by atoms with Crippen LogP contribution in [-0.4, -0.2) is 18.4 Å².